The minimum atomic E-state index is 0.540. The SMILES string of the molecule is Clc1nc2ccccc2cc1CNc1nccs1. The Kier molecular flexibility index (Phi) is 3.13. The van der Waals surface area contributed by atoms with Crippen LogP contribution in [0.5, 0.6) is 0 Å². The summed E-state index contributed by atoms with van der Waals surface area (Å²) in [5.74, 6) is 0. The monoisotopic (exact) mass is 275 g/mol. The number of benzene rings is 1. The standard InChI is InChI=1S/C13H10ClN3S/c14-12-10(8-16-13-15-5-6-18-13)7-9-3-1-2-4-11(9)17-12/h1-7H,8H2,(H,15,16). The molecule has 0 saturated carbocycles. The Morgan fingerprint density at radius 2 is 2.17 bits per heavy atom. The van der Waals surface area contributed by atoms with E-state index >= 15 is 0 Å². The number of nitrogens with one attached hydrogen (secondary N) is 1. The summed E-state index contributed by atoms with van der Waals surface area (Å²) in [6, 6.07) is 10.0. The smallest absolute Gasteiger partial charge is 0.182 e. The van der Waals surface area contributed by atoms with E-state index in [2.05, 4.69) is 21.4 Å². The van der Waals surface area contributed by atoms with Crippen LogP contribution in [0.15, 0.2) is 41.9 Å². The molecule has 0 aliphatic carbocycles. The highest BCUT2D eigenvalue weighted by Gasteiger charge is 2.05. The van der Waals surface area contributed by atoms with Crippen LogP contribution < -0.4 is 5.32 Å². The first-order chi connectivity index (χ1) is 8.83. The van der Waals surface area contributed by atoms with E-state index in [1.54, 1.807) is 17.5 Å². The van der Waals surface area contributed by atoms with Crippen LogP contribution in [0, 0.1) is 0 Å². The summed E-state index contributed by atoms with van der Waals surface area (Å²) in [4.78, 5) is 8.55. The van der Waals surface area contributed by atoms with Gasteiger partial charge in [0.25, 0.3) is 0 Å². The van der Waals surface area contributed by atoms with E-state index in [1.165, 1.54) is 0 Å². The van der Waals surface area contributed by atoms with Crippen molar-refractivity contribution < 1.29 is 0 Å². The third kappa shape index (κ3) is 2.30. The van der Waals surface area contributed by atoms with Crippen molar-refractivity contribution in [3.63, 3.8) is 0 Å². The van der Waals surface area contributed by atoms with Gasteiger partial charge in [-0.2, -0.15) is 0 Å². The maximum atomic E-state index is 6.18. The van der Waals surface area contributed by atoms with Gasteiger partial charge in [-0.05, 0) is 12.1 Å². The van der Waals surface area contributed by atoms with E-state index in [1.807, 2.05) is 29.6 Å². The molecular weight excluding hydrogens is 266 g/mol. The van der Waals surface area contributed by atoms with E-state index in [0.717, 1.165) is 21.6 Å². The minimum absolute atomic E-state index is 0.540. The average Bonchev–Trinajstić information content (AvgIpc) is 2.89. The largest absolute Gasteiger partial charge is 0.357 e. The number of aromatic nitrogens is 2. The van der Waals surface area contributed by atoms with Crippen LogP contribution in [0.1, 0.15) is 5.56 Å². The van der Waals surface area contributed by atoms with Crippen molar-refractivity contribution in [1.29, 1.82) is 0 Å². The zero-order valence-electron chi connectivity index (χ0n) is 9.43. The molecular formula is C13H10ClN3S. The lowest BCUT2D eigenvalue weighted by Crippen LogP contribution is -2.00. The van der Waals surface area contributed by atoms with Crippen LogP contribution in [0.25, 0.3) is 10.9 Å². The van der Waals surface area contributed by atoms with Gasteiger partial charge in [0.1, 0.15) is 5.15 Å². The lowest BCUT2D eigenvalue weighted by atomic mass is 10.1. The van der Waals surface area contributed by atoms with Crippen LogP contribution in [-0.2, 0) is 6.54 Å². The molecule has 0 bridgehead atoms. The summed E-state index contributed by atoms with van der Waals surface area (Å²) < 4.78 is 0. The zero-order chi connectivity index (χ0) is 12.4. The fourth-order valence-electron chi connectivity index (χ4n) is 1.74. The molecule has 0 spiro atoms. The van der Waals surface area contributed by atoms with Gasteiger partial charge in [-0.3, -0.25) is 0 Å². The molecule has 2 heterocycles. The average molecular weight is 276 g/mol. The molecule has 0 fully saturated rings. The normalized spacial score (nSPS) is 10.7. The molecule has 2 aromatic heterocycles. The number of anilines is 1. The van der Waals surface area contributed by atoms with E-state index < -0.39 is 0 Å². The number of hydrogen-bond donors (Lipinski definition) is 1. The molecule has 3 rings (SSSR count). The van der Waals surface area contributed by atoms with Crippen LogP contribution in [-0.4, -0.2) is 9.97 Å². The first-order valence-electron chi connectivity index (χ1n) is 5.50. The summed E-state index contributed by atoms with van der Waals surface area (Å²) in [6.45, 7) is 0.629. The maximum absolute atomic E-state index is 6.18. The number of halogens is 1. The van der Waals surface area contributed by atoms with E-state index in [9.17, 15) is 0 Å². The van der Waals surface area contributed by atoms with Crippen LogP contribution in [0.3, 0.4) is 0 Å². The van der Waals surface area contributed by atoms with Gasteiger partial charge in [-0.15, -0.1) is 11.3 Å². The molecule has 18 heavy (non-hydrogen) atoms. The number of pyridine rings is 1. The predicted molar refractivity (Wildman–Crippen MR) is 76.2 cm³/mol. The van der Waals surface area contributed by atoms with Gasteiger partial charge in [-0.25, -0.2) is 9.97 Å². The molecule has 90 valence electrons. The van der Waals surface area contributed by atoms with Gasteiger partial charge < -0.3 is 5.32 Å². The van der Waals surface area contributed by atoms with Crippen molar-refractivity contribution in [3.8, 4) is 0 Å². The van der Waals surface area contributed by atoms with E-state index in [-0.39, 0.29) is 0 Å². The van der Waals surface area contributed by atoms with E-state index in [0.29, 0.717) is 11.7 Å². The zero-order valence-corrected chi connectivity index (χ0v) is 11.0. The van der Waals surface area contributed by atoms with Gasteiger partial charge >= 0.3 is 0 Å². The first kappa shape index (κ1) is 11.4. The molecule has 1 aromatic carbocycles. The molecule has 0 radical (unpaired) electrons. The van der Waals surface area contributed by atoms with Gasteiger partial charge in [-0.1, -0.05) is 29.8 Å². The van der Waals surface area contributed by atoms with E-state index in [4.69, 9.17) is 11.6 Å². The molecule has 0 unspecified atom stereocenters. The number of nitrogens with zero attached hydrogens (tertiary/aromatic N) is 2. The number of rotatable bonds is 3. The lowest BCUT2D eigenvalue weighted by molar-refractivity contribution is 1.12. The molecule has 0 atom stereocenters. The fourth-order valence-corrected chi connectivity index (χ4v) is 2.48. The fraction of sp³-hybridized carbons (Fsp3) is 0.0769. The highest BCUT2D eigenvalue weighted by molar-refractivity contribution is 7.13. The predicted octanol–water partition coefficient (Wildman–Crippen LogP) is 3.96. The van der Waals surface area contributed by atoms with Crippen molar-refractivity contribution in [2.45, 2.75) is 6.54 Å². The molecule has 5 heteroatoms. The van der Waals surface area contributed by atoms with Crippen molar-refractivity contribution in [3.05, 3.63) is 52.6 Å². The Hall–Kier alpha value is -1.65. The molecule has 1 N–H and O–H groups in total. The van der Waals surface area contributed by atoms with Crippen molar-refractivity contribution in [1.82, 2.24) is 9.97 Å². The van der Waals surface area contributed by atoms with Gasteiger partial charge in [0.2, 0.25) is 0 Å². The number of para-hydroxylation sites is 1. The minimum Gasteiger partial charge on any atom is -0.357 e. The maximum Gasteiger partial charge on any atom is 0.182 e. The number of hydrogen-bond acceptors (Lipinski definition) is 4. The Balaban J connectivity index is 1.89. The Bertz CT molecular complexity index is 667. The lowest BCUT2D eigenvalue weighted by Gasteiger charge is -2.06. The second-order valence-corrected chi connectivity index (χ2v) is 5.07. The summed E-state index contributed by atoms with van der Waals surface area (Å²) in [5.41, 5.74) is 1.89. The Morgan fingerprint density at radius 3 is 3.00 bits per heavy atom. The highest BCUT2D eigenvalue weighted by atomic mass is 35.5. The molecule has 3 aromatic rings. The number of fused-ring (bicyclic) bond motifs is 1. The quantitative estimate of drug-likeness (QED) is 0.735. The highest BCUT2D eigenvalue weighted by Crippen LogP contribution is 2.21. The third-order valence-corrected chi connectivity index (χ3v) is 3.67. The molecule has 0 aliphatic heterocycles. The molecule has 0 aliphatic rings. The first-order valence-corrected chi connectivity index (χ1v) is 6.76. The van der Waals surface area contributed by atoms with Crippen LogP contribution >= 0.6 is 22.9 Å². The Morgan fingerprint density at radius 1 is 1.28 bits per heavy atom. The molecule has 3 nitrogen and oxygen atoms in total. The topological polar surface area (TPSA) is 37.8 Å². The summed E-state index contributed by atoms with van der Waals surface area (Å²) in [6.07, 6.45) is 1.77. The van der Waals surface area contributed by atoms with Gasteiger partial charge in [0, 0.05) is 29.1 Å². The second kappa shape index (κ2) is 4.92. The summed E-state index contributed by atoms with van der Waals surface area (Å²) in [5, 5.41) is 7.69. The summed E-state index contributed by atoms with van der Waals surface area (Å²) in [7, 11) is 0. The third-order valence-electron chi connectivity index (χ3n) is 2.61. The van der Waals surface area contributed by atoms with Crippen molar-refractivity contribution >= 4 is 39.0 Å². The molecule has 0 saturated heterocycles. The van der Waals surface area contributed by atoms with Gasteiger partial charge in [0.05, 0.1) is 5.52 Å². The Labute approximate surface area is 113 Å². The van der Waals surface area contributed by atoms with Crippen molar-refractivity contribution in [2.75, 3.05) is 5.32 Å². The summed E-state index contributed by atoms with van der Waals surface area (Å²) >= 11 is 7.74. The van der Waals surface area contributed by atoms with Gasteiger partial charge in [0.15, 0.2) is 5.13 Å². The van der Waals surface area contributed by atoms with Crippen LogP contribution in [0.4, 0.5) is 5.13 Å². The second-order valence-electron chi connectivity index (χ2n) is 3.82. The van der Waals surface area contributed by atoms with Crippen LogP contribution in [0.2, 0.25) is 5.15 Å². The van der Waals surface area contributed by atoms with Crippen molar-refractivity contribution in [2.24, 2.45) is 0 Å². The molecule has 0 amide bonds. The number of thiazole rings is 1.